The Balaban J connectivity index is 4.37. The van der Waals surface area contributed by atoms with E-state index in [1.807, 2.05) is 5.32 Å². The number of hydrogen-bond acceptors (Lipinski definition) is 4. The molecular formula is C12H21F3N2O4Si. The van der Waals surface area contributed by atoms with Crippen LogP contribution in [-0.2, 0) is 9.53 Å². The first kappa shape index (κ1) is 20.4. The van der Waals surface area contributed by atoms with Crippen LogP contribution in [0.1, 0.15) is 6.42 Å². The second kappa shape index (κ2) is 8.16. The molecule has 0 aliphatic heterocycles. The molecule has 10 heteroatoms. The molecule has 0 aliphatic carbocycles. The minimum absolute atomic E-state index is 0.128. The van der Waals surface area contributed by atoms with Crippen LogP contribution in [0, 0.1) is 11.3 Å². The number of amides is 1. The molecule has 0 saturated carbocycles. The summed E-state index contributed by atoms with van der Waals surface area (Å²) >= 11 is 0. The highest BCUT2D eigenvalue weighted by Crippen LogP contribution is 2.28. The van der Waals surface area contributed by atoms with Gasteiger partial charge in [0.1, 0.15) is 5.71 Å². The summed E-state index contributed by atoms with van der Waals surface area (Å²) in [6.45, 7) is 5.48. The van der Waals surface area contributed by atoms with E-state index >= 15 is 0 Å². The lowest BCUT2D eigenvalue weighted by Gasteiger charge is -2.20. The SMILES string of the molecule is C[Si](C)(C)CCOC(=O)NCC(CC(=N)C(=O)O)C(F)(F)F. The Hall–Kier alpha value is -1.58. The average molecular weight is 342 g/mol. The van der Waals surface area contributed by atoms with Gasteiger partial charge in [-0.1, -0.05) is 19.6 Å². The first-order valence-corrected chi connectivity index (χ1v) is 10.3. The van der Waals surface area contributed by atoms with Crippen LogP contribution in [0.5, 0.6) is 0 Å². The van der Waals surface area contributed by atoms with Gasteiger partial charge in [0.05, 0.1) is 12.5 Å². The van der Waals surface area contributed by atoms with Gasteiger partial charge in [-0.05, 0) is 6.04 Å². The summed E-state index contributed by atoms with van der Waals surface area (Å²) in [5.74, 6) is -3.85. The van der Waals surface area contributed by atoms with Crippen molar-refractivity contribution in [3.8, 4) is 0 Å². The fourth-order valence-corrected chi connectivity index (χ4v) is 2.06. The predicted octanol–water partition coefficient (Wildman–Crippen LogP) is 2.72. The van der Waals surface area contributed by atoms with Crippen molar-refractivity contribution >= 4 is 25.8 Å². The van der Waals surface area contributed by atoms with E-state index in [4.69, 9.17) is 15.3 Å². The third kappa shape index (κ3) is 9.37. The molecule has 0 spiro atoms. The standard InChI is InChI=1S/C12H21F3N2O4Si/c1-22(2,3)5-4-21-11(20)17-7-8(12(13,14)15)6-9(16)10(18)19/h8,16H,4-7H2,1-3H3,(H,17,20)(H,18,19). The quantitative estimate of drug-likeness (QED) is 0.466. The van der Waals surface area contributed by atoms with Gasteiger partial charge < -0.3 is 15.2 Å². The number of ether oxygens (including phenoxy) is 1. The van der Waals surface area contributed by atoms with E-state index in [1.165, 1.54) is 0 Å². The number of alkyl halides is 3. The normalized spacial score (nSPS) is 13.4. The maximum Gasteiger partial charge on any atom is 0.407 e. The molecule has 0 saturated heterocycles. The van der Waals surface area contributed by atoms with Crippen molar-refractivity contribution in [2.45, 2.75) is 38.3 Å². The highest BCUT2D eigenvalue weighted by Gasteiger charge is 2.41. The molecule has 128 valence electrons. The number of carbonyl (C=O) groups excluding carboxylic acids is 1. The van der Waals surface area contributed by atoms with Gasteiger partial charge in [0, 0.05) is 21.0 Å². The van der Waals surface area contributed by atoms with Crippen molar-refractivity contribution < 1.29 is 32.6 Å². The molecule has 0 radical (unpaired) electrons. The molecule has 1 amide bonds. The molecule has 0 fully saturated rings. The lowest BCUT2D eigenvalue weighted by atomic mass is 10.0. The summed E-state index contributed by atoms with van der Waals surface area (Å²) in [4.78, 5) is 21.8. The van der Waals surface area contributed by atoms with Crippen LogP contribution in [0.3, 0.4) is 0 Å². The second-order valence-corrected chi connectivity index (χ2v) is 11.7. The van der Waals surface area contributed by atoms with E-state index in [9.17, 15) is 22.8 Å². The van der Waals surface area contributed by atoms with Crippen molar-refractivity contribution in [2.24, 2.45) is 5.92 Å². The Morgan fingerprint density at radius 2 is 1.86 bits per heavy atom. The van der Waals surface area contributed by atoms with Crippen LogP contribution in [0.15, 0.2) is 0 Å². The van der Waals surface area contributed by atoms with E-state index < -0.39 is 50.9 Å². The van der Waals surface area contributed by atoms with Crippen LogP contribution >= 0.6 is 0 Å². The van der Waals surface area contributed by atoms with E-state index in [1.54, 1.807) is 0 Å². The molecule has 0 aromatic heterocycles. The monoisotopic (exact) mass is 342 g/mol. The Kier molecular flexibility index (Phi) is 7.57. The first-order chi connectivity index (χ1) is 9.83. The molecule has 0 rings (SSSR count). The number of hydrogen-bond donors (Lipinski definition) is 3. The fourth-order valence-electron chi connectivity index (χ4n) is 1.34. The summed E-state index contributed by atoms with van der Waals surface area (Å²) < 4.78 is 43.0. The summed E-state index contributed by atoms with van der Waals surface area (Å²) in [5.41, 5.74) is -1.06. The number of rotatable bonds is 8. The Labute approximate surface area is 127 Å². The maximum absolute atomic E-state index is 12.7. The van der Waals surface area contributed by atoms with Crippen LogP contribution in [0.4, 0.5) is 18.0 Å². The lowest BCUT2D eigenvalue weighted by Crippen LogP contribution is -2.39. The lowest BCUT2D eigenvalue weighted by molar-refractivity contribution is -0.171. The van der Waals surface area contributed by atoms with Crippen molar-refractivity contribution in [3.05, 3.63) is 0 Å². The Morgan fingerprint density at radius 3 is 2.27 bits per heavy atom. The summed E-state index contributed by atoms with van der Waals surface area (Å²) in [6, 6.07) is 0.687. The molecule has 0 heterocycles. The summed E-state index contributed by atoms with van der Waals surface area (Å²) in [6.07, 6.45) is -6.70. The van der Waals surface area contributed by atoms with E-state index in [2.05, 4.69) is 19.6 Å². The van der Waals surface area contributed by atoms with Gasteiger partial charge in [0.15, 0.2) is 0 Å². The average Bonchev–Trinajstić information content (AvgIpc) is 2.30. The Bertz CT molecular complexity index is 422. The number of alkyl carbamates (subject to hydrolysis) is 1. The number of carboxylic acids is 1. The van der Waals surface area contributed by atoms with Gasteiger partial charge in [-0.3, -0.25) is 5.41 Å². The molecule has 1 unspecified atom stereocenters. The first-order valence-electron chi connectivity index (χ1n) is 6.61. The minimum atomic E-state index is -4.71. The zero-order chi connectivity index (χ0) is 17.6. The van der Waals surface area contributed by atoms with Gasteiger partial charge in [0.2, 0.25) is 0 Å². The van der Waals surface area contributed by atoms with Crippen molar-refractivity contribution in [3.63, 3.8) is 0 Å². The molecule has 1 atom stereocenters. The summed E-state index contributed by atoms with van der Waals surface area (Å²) in [5, 5.41) is 17.4. The zero-order valence-corrected chi connectivity index (χ0v) is 13.7. The second-order valence-electron chi connectivity index (χ2n) is 6.05. The maximum atomic E-state index is 12.7. The van der Waals surface area contributed by atoms with Gasteiger partial charge in [-0.2, -0.15) is 13.2 Å². The van der Waals surface area contributed by atoms with E-state index in [0.717, 1.165) is 0 Å². The number of carbonyl (C=O) groups is 2. The molecule has 0 aromatic carbocycles. The fraction of sp³-hybridized carbons (Fsp3) is 0.750. The van der Waals surface area contributed by atoms with Gasteiger partial charge in [-0.15, -0.1) is 0 Å². The molecule has 6 nitrogen and oxygen atoms in total. The molecule has 0 aliphatic rings. The molecular weight excluding hydrogens is 321 g/mol. The van der Waals surface area contributed by atoms with E-state index in [-0.39, 0.29) is 6.61 Å². The van der Waals surface area contributed by atoms with Crippen LogP contribution in [0.2, 0.25) is 25.7 Å². The molecule has 0 aromatic rings. The van der Waals surface area contributed by atoms with Gasteiger partial charge in [0.25, 0.3) is 0 Å². The molecule has 3 N–H and O–H groups in total. The number of carboxylic acid groups (broad SMARTS) is 1. The summed E-state index contributed by atoms with van der Waals surface area (Å²) in [7, 11) is -1.41. The Morgan fingerprint density at radius 1 is 1.32 bits per heavy atom. The van der Waals surface area contributed by atoms with E-state index in [0.29, 0.717) is 6.04 Å². The van der Waals surface area contributed by atoms with Crippen LogP contribution in [-0.4, -0.2) is 50.3 Å². The minimum Gasteiger partial charge on any atom is -0.477 e. The number of aliphatic carboxylic acids is 1. The molecule has 0 bridgehead atoms. The predicted molar refractivity (Wildman–Crippen MR) is 77.0 cm³/mol. The van der Waals surface area contributed by atoms with Crippen LogP contribution < -0.4 is 5.32 Å². The van der Waals surface area contributed by atoms with Crippen molar-refractivity contribution in [1.82, 2.24) is 5.32 Å². The highest BCUT2D eigenvalue weighted by atomic mass is 28.3. The largest absolute Gasteiger partial charge is 0.477 e. The van der Waals surface area contributed by atoms with Crippen LogP contribution in [0.25, 0.3) is 0 Å². The number of halogens is 3. The molecule has 22 heavy (non-hydrogen) atoms. The smallest absolute Gasteiger partial charge is 0.407 e. The van der Waals surface area contributed by atoms with Gasteiger partial charge >= 0.3 is 18.2 Å². The zero-order valence-electron chi connectivity index (χ0n) is 12.7. The topological polar surface area (TPSA) is 99.5 Å². The third-order valence-corrected chi connectivity index (χ3v) is 4.45. The number of nitrogens with one attached hydrogen (secondary N) is 2. The highest BCUT2D eigenvalue weighted by molar-refractivity contribution is 6.76. The third-order valence-electron chi connectivity index (χ3n) is 2.75. The van der Waals surface area contributed by atoms with Gasteiger partial charge in [-0.25, -0.2) is 9.59 Å². The van der Waals surface area contributed by atoms with Crippen molar-refractivity contribution in [2.75, 3.05) is 13.2 Å². The van der Waals surface area contributed by atoms with Crippen molar-refractivity contribution in [1.29, 1.82) is 5.41 Å².